The summed E-state index contributed by atoms with van der Waals surface area (Å²) < 4.78 is 37.3. The van der Waals surface area contributed by atoms with Crippen LogP contribution in [-0.4, -0.2) is 64.2 Å². The van der Waals surface area contributed by atoms with E-state index in [2.05, 4.69) is 5.32 Å². The average molecular weight is 534 g/mol. The van der Waals surface area contributed by atoms with Crippen molar-refractivity contribution in [2.24, 2.45) is 0 Å². The Balaban J connectivity index is 2.50. The zero-order chi connectivity index (χ0) is 27.8. The third-order valence-electron chi connectivity index (χ3n) is 6.20. The summed E-state index contributed by atoms with van der Waals surface area (Å²) >= 11 is 0. The highest BCUT2D eigenvalue weighted by Gasteiger charge is 2.33. The molecule has 0 saturated heterocycles. The maximum atomic E-state index is 13.8. The molecule has 0 radical (unpaired) electrons. The second-order valence-electron chi connectivity index (χ2n) is 9.06. The van der Waals surface area contributed by atoms with Crippen LogP contribution in [0.1, 0.15) is 44.7 Å². The van der Waals surface area contributed by atoms with Gasteiger partial charge in [-0.1, -0.05) is 43.7 Å². The highest BCUT2D eigenvalue weighted by atomic mass is 32.2. The predicted molar refractivity (Wildman–Crippen MR) is 145 cm³/mol. The number of anilines is 1. The summed E-state index contributed by atoms with van der Waals surface area (Å²) in [5.41, 5.74) is 2.10. The molecule has 204 valence electrons. The number of ether oxygens (including phenoxy) is 2. The SMILES string of the molecule is CC[C@H](C)NC(=O)[C@H](CC)N(Cc1ccc(C)cc1)C(=O)CN(c1ccc(OC)cc1OC)S(C)(=O)=O. The highest BCUT2D eigenvalue weighted by molar-refractivity contribution is 7.92. The van der Waals surface area contributed by atoms with Crippen molar-refractivity contribution in [3.8, 4) is 11.5 Å². The quantitative estimate of drug-likeness (QED) is 0.423. The first-order valence-corrected chi connectivity index (χ1v) is 14.1. The smallest absolute Gasteiger partial charge is 0.244 e. The number of benzene rings is 2. The molecule has 0 aliphatic heterocycles. The molecular weight excluding hydrogens is 494 g/mol. The van der Waals surface area contributed by atoms with Crippen LogP contribution >= 0.6 is 0 Å². The third-order valence-corrected chi connectivity index (χ3v) is 7.32. The summed E-state index contributed by atoms with van der Waals surface area (Å²) in [7, 11) is -0.984. The van der Waals surface area contributed by atoms with Gasteiger partial charge in [0.25, 0.3) is 0 Å². The minimum absolute atomic E-state index is 0.0612. The van der Waals surface area contributed by atoms with Crippen LogP contribution in [0.4, 0.5) is 5.69 Å². The standard InChI is InChI=1S/C27H39N3O6S/c1-8-20(4)28-27(32)23(9-2)29(17-21-12-10-19(3)11-13-21)26(31)18-30(37(7,33)34)24-15-14-22(35-5)16-25(24)36-6/h10-16,20,23H,8-9,17-18H2,1-7H3,(H,28,32)/t20-,23-/m0/s1. The van der Waals surface area contributed by atoms with Gasteiger partial charge in [-0.05, 0) is 44.4 Å². The molecule has 2 aromatic rings. The Morgan fingerprint density at radius 1 is 1.00 bits per heavy atom. The van der Waals surface area contributed by atoms with Crippen LogP contribution in [-0.2, 0) is 26.2 Å². The number of carbonyl (C=O) groups is 2. The maximum absolute atomic E-state index is 13.8. The van der Waals surface area contributed by atoms with Crippen LogP contribution in [0.25, 0.3) is 0 Å². The van der Waals surface area contributed by atoms with E-state index >= 15 is 0 Å². The van der Waals surface area contributed by atoms with Crippen LogP contribution < -0.4 is 19.1 Å². The summed E-state index contributed by atoms with van der Waals surface area (Å²) in [6.07, 6.45) is 2.14. The topological polar surface area (TPSA) is 105 Å². The Labute approximate surface area is 220 Å². The van der Waals surface area contributed by atoms with E-state index in [1.54, 1.807) is 12.1 Å². The molecule has 0 aliphatic carbocycles. The van der Waals surface area contributed by atoms with Gasteiger partial charge in [0.1, 0.15) is 24.1 Å². The lowest BCUT2D eigenvalue weighted by Gasteiger charge is -2.33. The second kappa shape index (κ2) is 13.3. The molecule has 2 amide bonds. The number of nitrogens with zero attached hydrogens (tertiary/aromatic N) is 2. The molecule has 1 N–H and O–H groups in total. The third kappa shape index (κ3) is 8.11. The minimum Gasteiger partial charge on any atom is -0.497 e. The van der Waals surface area contributed by atoms with Crippen molar-refractivity contribution in [1.29, 1.82) is 0 Å². The van der Waals surface area contributed by atoms with Crippen LogP contribution in [0.3, 0.4) is 0 Å². The van der Waals surface area contributed by atoms with Crippen LogP contribution in [0.5, 0.6) is 11.5 Å². The highest BCUT2D eigenvalue weighted by Crippen LogP contribution is 2.33. The molecule has 0 spiro atoms. The molecule has 10 heteroatoms. The first-order chi connectivity index (χ1) is 17.4. The van der Waals surface area contributed by atoms with Gasteiger partial charge >= 0.3 is 0 Å². The van der Waals surface area contributed by atoms with Gasteiger partial charge in [0, 0.05) is 18.7 Å². The number of sulfonamides is 1. The van der Waals surface area contributed by atoms with Gasteiger partial charge in [-0.3, -0.25) is 13.9 Å². The lowest BCUT2D eigenvalue weighted by molar-refractivity contribution is -0.140. The Morgan fingerprint density at radius 2 is 1.65 bits per heavy atom. The van der Waals surface area contributed by atoms with Gasteiger partial charge in [-0.15, -0.1) is 0 Å². The molecule has 0 saturated carbocycles. The molecule has 2 aromatic carbocycles. The largest absolute Gasteiger partial charge is 0.497 e. The zero-order valence-corrected chi connectivity index (χ0v) is 23.6. The number of rotatable bonds is 13. The van der Waals surface area contributed by atoms with Crippen LogP contribution in [0.15, 0.2) is 42.5 Å². The minimum atomic E-state index is -3.89. The molecule has 0 aliphatic rings. The van der Waals surface area contributed by atoms with E-state index in [1.165, 1.54) is 25.2 Å². The number of hydrogen-bond acceptors (Lipinski definition) is 6. The van der Waals surface area contributed by atoms with E-state index in [1.807, 2.05) is 52.0 Å². The van der Waals surface area contributed by atoms with Crippen molar-refractivity contribution in [1.82, 2.24) is 10.2 Å². The van der Waals surface area contributed by atoms with E-state index in [0.29, 0.717) is 12.2 Å². The van der Waals surface area contributed by atoms with E-state index in [0.717, 1.165) is 28.1 Å². The molecule has 0 heterocycles. The van der Waals surface area contributed by atoms with Crippen LogP contribution in [0.2, 0.25) is 0 Å². The lowest BCUT2D eigenvalue weighted by atomic mass is 10.1. The number of nitrogens with one attached hydrogen (secondary N) is 1. The fraction of sp³-hybridized carbons (Fsp3) is 0.481. The van der Waals surface area contributed by atoms with Crippen molar-refractivity contribution >= 4 is 27.5 Å². The second-order valence-corrected chi connectivity index (χ2v) is 11.0. The van der Waals surface area contributed by atoms with Gasteiger partial charge in [-0.25, -0.2) is 8.42 Å². The van der Waals surface area contributed by atoms with Gasteiger partial charge in [0.15, 0.2) is 0 Å². The van der Waals surface area contributed by atoms with Gasteiger partial charge in [0.2, 0.25) is 21.8 Å². The van der Waals surface area contributed by atoms with Crippen molar-refractivity contribution in [3.05, 3.63) is 53.6 Å². The van der Waals surface area contributed by atoms with Gasteiger partial charge in [0.05, 0.1) is 26.2 Å². The zero-order valence-electron chi connectivity index (χ0n) is 22.8. The number of aryl methyl sites for hydroxylation is 1. The average Bonchev–Trinajstić information content (AvgIpc) is 2.86. The Bertz CT molecular complexity index is 1170. The summed E-state index contributed by atoms with van der Waals surface area (Å²) in [6, 6.07) is 11.5. The number of hydrogen-bond donors (Lipinski definition) is 1. The molecule has 0 aromatic heterocycles. The van der Waals surface area contributed by atoms with E-state index in [9.17, 15) is 18.0 Å². The van der Waals surface area contributed by atoms with Gasteiger partial charge in [-0.2, -0.15) is 0 Å². The van der Waals surface area contributed by atoms with E-state index in [-0.39, 0.29) is 29.9 Å². The van der Waals surface area contributed by atoms with Crippen molar-refractivity contribution in [3.63, 3.8) is 0 Å². The Hall–Kier alpha value is -3.27. The molecule has 2 atom stereocenters. The van der Waals surface area contributed by atoms with Crippen molar-refractivity contribution in [2.45, 2.75) is 59.2 Å². The number of methoxy groups -OCH3 is 2. The number of carbonyl (C=O) groups excluding carboxylic acids is 2. The molecule has 2 rings (SSSR count). The maximum Gasteiger partial charge on any atom is 0.244 e. The summed E-state index contributed by atoms with van der Waals surface area (Å²) in [6.45, 7) is 7.32. The fourth-order valence-electron chi connectivity index (χ4n) is 3.84. The molecule has 0 bridgehead atoms. The Kier molecular flexibility index (Phi) is 10.8. The van der Waals surface area contributed by atoms with E-state index < -0.39 is 28.5 Å². The predicted octanol–water partition coefficient (Wildman–Crippen LogP) is 3.50. The lowest BCUT2D eigenvalue weighted by Crippen LogP contribution is -2.53. The molecule has 0 fully saturated rings. The first kappa shape index (κ1) is 30.0. The normalized spacial score (nSPS) is 12.8. The molecule has 37 heavy (non-hydrogen) atoms. The van der Waals surface area contributed by atoms with Gasteiger partial charge < -0.3 is 19.7 Å². The Morgan fingerprint density at radius 3 is 2.16 bits per heavy atom. The van der Waals surface area contributed by atoms with Crippen molar-refractivity contribution < 1.29 is 27.5 Å². The number of amides is 2. The van der Waals surface area contributed by atoms with Crippen LogP contribution in [0, 0.1) is 6.92 Å². The fourth-order valence-corrected chi connectivity index (χ4v) is 4.69. The van der Waals surface area contributed by atoms with E-state index in [4.69, 9.17) is 9.47 Å². The first-order valence-electron chi connectivity index (χ1n) is 12.3. The molecular formula is C27H39N3O6S. The monoisotopic (exact) mass is 533 g/mol. The molecule has 0 unspecified atom stereocenters. The van der Waals surface area contributed by atoms with Crippen molar-refractivity contribution in [2.75, 3.05) is 31.3 Å². The summed E-state index contributed by atoms with van der Waals surface area (Å²) in [4.78, 5) is 28.4. The summed E-state index contributed by atoms with van der Waals surface area (Å²) in [5, 5.41) is 2.96. The summed E-state index contributed by atoms with van der Waals surface area (Å²) in [5.74, 6) is -0.0568. The molecule has 9 nitrogen and oxygen atoms in total.